The molecule has 2 N–H and O–H groups in total. The van der Waals surface area contributed by atoms with Gasteiger partial charge in [0.05, 0.1) is 20.2 Å². The fraction of sp³-hybridized carbons (Fsp3) is 0.588. The molecule has 10 heteroatoms. The van der Waals surface area contributed by atoms with Crippen LogP contribution in [0.5, 0.6) is 11.5 Å². The first-order valence-corrected chi connectivity index (χ1v) is 8.30. The lowest BCUT2D eigenvalue weighted by Crippen LogP contribution is -2.40. The predicted octanol–water partition coefficient (Wildman–Crippen LogP) is 2.74. The third kappa shape index (κ3) is 12.6. The van der Waals surface area contributed by atoms with Crippen molar-refractivity contribution in [2.24, 2.45) is 4.99 Å². The van der Waals surface area contributed by atoms with E-state index in [2.05, 4.69) is 15.6 Å². The number of methoxy groups -OCH3 is 1. The van der Waals surface area contributed by atoms with Crippen molar-refractivity contribution in [1.29, 1.82) is 0 Å². The van der Waals surface area contributed by atoms with Gasteiger partial charge in [0.1, 0.15) is 18.1 Å². The van der Waals surface area contributed by atoms with Gasteiger partial charge < -0.3 is 20.1 Å². The molecule has 0 saturated heterocycles. The Morgan fingerprint density at radius 2 is 1.70 bits per heavy atom. The van der Waals surface area contributed by atoms with Crippen LogP contribution in [0.15, 0.2) is 29.3 Å². The van der Waals surface area contributed by atoms with Crippen LogP contribution in [-0.2, 0) is 0 Å². The molecule has 1 aromatic carbocycles. The molecule has 1 aromatic rings. The van der Waals surface area contributed by atoms with E-state index in [1.165, 1.54) is 11.9 Å². The molecule has 0 bridgehead atoms. The molecule has 27 heavy (non-hydrogen) atoms. The van der Waals surface area contributed by atoms with Gasteiger partial charge in [-0.2, -0.15) is 13.2 Å². The minimum absolute atomic E-state index is 0. The Morgan fingerprint density at radius 3 is 2.26 bits per heavy atom. The number of hydrogen-bond acceptors (Lipinski definition) is 4. The van der Waals surface area contributed by atoms with Crippen LogP contribution in [0.4, 0.5) is 13.2 Å². The van der Waals surface area contributed by atoms with E-state index in [1.807, 2.05) is 24.3 Å². The van der Waals surface area contributed by atoms with Crippen molar-refractivity contribution in [2.45, 2.75) is 12.6 Å². The van der Waals surface area contributed by atoms with Crippen LogP contribution in [0.2, 0.25) is 0 Å². The first kappa shape index (κ1) is 25.6. The van der Waals surface area contributed by atoms with Gasteiger partial charge in [0.15, 0.2) is 5.96 Å². The molecule has 0 aliphatic carbocycles. The van der Waals surface area contributed by atoms with Gasteiger partial charge in [-0.1, -0.05) is 0 Å². The van der Waals surface area contributed by atoms with Crippen molar-refractivity contribution in [2.75, 3.05) is 54.0 Å². The highest BCUT2D eigenvalue weighted by molar-refractivity contribution is 14.0. The fourth-order valence-electron chi connectivity index (χ4n) is 2.17. The molecule has 0 saturated carbocycles. The molecule has 0 aliphatic rings. The summed E-state index contributed by atoms with van der Waals surface area (Å²) in [5, 5.41) is 6.14. The standard InChI is InChI=1S/C17H27F3N4O2.HI/c1-21-16(22-9-4-11-24(2)13-17(18,19)20)23-10-12-26-15-7-5-14(25-3)6-8-15;/h5-8H,4,9-13H2,1-3H3,(H2,21,22,23);1H. The first-order chi connectivity index (χ1) is 12.3. The van der Waals surface area contributed by atoms with E-state index in [0.29, 0.717) is 38.6 Å². The molecule has 0 amide bonds. The van der Waals surface area contributed by atoms with Gasteiger partial charge in [-0.05, 0) is 44.3 Å². The number of hydrogen-bond donors (Lipinski definition) is 2. The van der Waals surface area contributed by atoms with E-state index < -0.39 is 12.7 Å². The van der Waals surface area contributed by atoms with Crippen LogP contribution in [0, 0.1) is 0 Å². The summed E-state index contributed by atoms with van der Waals surface area (Å²) >= 11 is 0. The molecule has 0 fully saturated rings. The topological polar surface area (TPSA) is 58.1 Å². The number of rotatable bonds is 10. The predicted molar refractivity (Wildman–Crippen MR) is 111 cm³/mol. The zero-order valence-corrected chi connectivity index (χ0v) is 18.1. The van der Waals surface area contributed by atoms with Crippen LogP contribution in [0.3, 0.4) is 0 Å². The van der Waals surface area contributed by atoms with Gasteiger partial charge in [-0.3, -0.25) is 9.89 Å². The quantitative estimate of drug-likeness (QED) is 0.222. The van der Waals surface area contributed by atoms with Crippen LogP contribution < -0.4 is 20.1 Å². The second-order valence-electron chi connectivity index (χ2n) is 5.66. The Labute approximate surface area is 175 Å². The second kappa shape index (κ2) is 13.7. The highest BCUT2D eigenvalue weighted by Gasteiger charge is 2.28. The van der Waals surface area contributed by atoms with Gasteiger partial charge in [-0.15, -0.1) is 24.0 Å². The number of nitrogens with zero attached hydrogens (tertiary/aromatic N) is 2. The Morgan fingerprint density at radius 1 is 1.11 bits per heavy atom. The van der Waals surface area contributed by atoms with Crippen molar-refractivity contribution < 1.29 is 22.6 Å². The molecule has 156 valence electrons. The average Bonchev–Trinajstić information content (AvgIpc) is 2.59. The highest BCUT2D eigenvalue weighted by atomic mass is 127. The maximum atomic E-state index is 12.2. The molecule has 0 unspecified atom stereocenters. The lowest BCUT2D eigenvalue weighted by molar-refractivity contribution is -0.143. The zero-order chi connectivity index (χ0) is 19.4. The molecular weight excluding hydrogens is 476 g/mol. The first-order valence-electron chi connectivity index (χ1n) is 8.30. The summed E-state index contributed by atoms with van der Waals surface area (Å²) < 4.78 is 47.3. The zero-order valence-electron chi connectivity index (χ0n) is 15.8. The molecule has 6 nitrogen and oxygen atoms in total. The maximum Gasteiger partial charge on any atom is 0.401 e. The van der Waals surface area contributed by atoms with Crippen molar-refractivity contribution in [3.63, 3.8) is 0 Å². The van der Waals surface area contributed by atoms with Gasteiger partial charge in [0, 0.05) is 13.6 Å². The summed E-state index contributed by atoms with van der Waals surface area (Å²) in [6.07, 6.45) is -3.58. The molecule has 0 heterocycles. The average molecular weight is 504 g/mol. The van der Waals surface area contributed by atoms with Crippen molar-refractivity contribution in [3.8, 4) is 11.5 Å². The summed E-state index contributed by atoms with van der Waals surface area (Å²) in [5.41, 5.74) is 0. The molecule has 1 rings (SSSR count). The SMILES string of the molecule is CN=C(NCCCN(C)CC(F)(F)F)NCCOc1ccc(OC)cc1.I. The number of alkyl halides is 3. The van der Waals surface area contributed by atoms with Gasteiger partial charge in [-0.25, -0.2) is 0 Å². The number of ether oxygens (including phenoxy) is 2. The van der Waals surface area contributed by atoms with Crippen LogP contribution in [-0.4, -0.2) is 71.0 Å². The summed E-state index contributed by atoms with van der Waals surface area (Å²) in [6, 6.07) is 7.28. The normalized spacial score (nSPS) is 11.7. The largest absolute Gasteiger partial charge is 0.497 e. The van der Waals surface area contributed by atoms with E-state index in [4.69, 9.17) is 9.47 Å². The molecule has 0 radical (unpaired) electrons. The Hall–Kier alpha value is -1.43. The minimum atomic E-state index is -4.16. The fourth-order valence-corrected chi connectivity index (χ4v) is 2.17. The van der Waals surface area contributed by atoms with Crippen LogP contribution in [0.1, 0.15) is 6.42 Å². The van der Waals surface area contributed by atoms with E-state index in [0.717, 1.165) is 11.5 Å². The number of aliphatic imine (C=N–C) groups is 1. The maximum absolute atomic E-state index is 12.2. The minimum Gasteiger partial charge on any atom is -0.497 e. The molecule has 0 spiro atoms. The lowest BCUT2D eigenvalue weighted by atomic mass is 10.3. The monoisotopic (exact) mass is 504 g/mol. The van der Waals surface area contributed by atoms with Crippen LogP contribution >= 0.6 is 24.0 Å². The third-order valence-corrected chi connectivity index (χ3v) is 3.40. The van der Waals surface area contributed by atoms with Gasteiger partial charge >= 0.3 is 6.18 Å². The van der Waals surface area contributed by atoms with Crippen molar-refractivity contribution in [1.82, 2.24) is 15.5 Å². The highest BCUT2D eigenvalue weighted by Crippen LogP contribution is 2.16. The summed E-state index contributed by atoms with van der Waals surface area (Å²) in [5.74, 6) is 2.09. The summed E-state index contributed by atoms with van der Waals surface area (Å²) in [6.45, 7) is 0.967. The van der Waals surface area contributed by atoms with E-state index >= 15 is 0 Å². The Kier molecular flexibility index (Phi) is 13.0. The number of nitrogens with one attached hydrogen (secondary N) is 2. The van der Waals surface area contributed by atoms with E-state index in [9.17, 15) is 13.2 Å². The molecule has 0 atom stereocenters. The molecule has 0 aliphatic heterocycles. The summed E-state index contributed by atoms with van der Waals surface area (Å²) in [4.78, 5) is 5.31. The second-order valence-corrected chi connectivity index (χ2v) is 5.66. The lowest BCUT2D eigenvalue weighted by Gasteiger charge is -2.19. The molecule has 0 aromatic heterocycles. The van der Waals surface area contributed by atoms with E-state index in [-0.39, 0.29) is 24.0 Å². The van der Waals surface area contributed by atoms with Crippen LogP contribution in [0.25, 0.3) is 0 Å². The number of benzene rings is 1. The Balaban J connectivity index is 0.00000676. The Bertz CT molecular complexity index is 542. The molecular formula is C17H28F3IN4O2. The summed E-state index contributed by atoms with van der Waals surface area (Å²) in [7, 11) is 4.69. The van der Waals surface area contributed by atoms with Gasteiger partial charge in [0.2, 0.25) is 0 Å². The van der Waals surface area contributed by atoms with E-state index in [1.54, 1.807) is 14.2 Å². The third-order valence-electron chi connectivity index (χ3n) is 3.40. The number of halogens is 4. The van der Waals surface area contributed by atoms with Gasteiger partial charge in [0.25, 0.3) is 0 Å². The van der Waals surface area contributed by atoms with Crippen molar-refractivity contribution >= 4 is 29.9 Å². The smallest absolute Gasteiger partial charge is 0.401 e. The van der Waals surface area contributed by atoms with Crippen molar-refractivity contribution in [3.05, 3.63) is 24.3 Å². The number of guanidine groups is 1.